The van der Waals surface area contributed by atoms with Gasteiger partial charge in [-0.15, -0.1) is 0 Å². The Hall–Kier alpha value is -2.05. The van der Waals surface area contributed by atoms with Gasteiger partial charge in [-0.2, -0.15) is 0 Å². The molecule has 1 rings (SSSR count). The fourth-order valence-corrected chi connectivity index (χ4v) is 1.24. The van der Waals surface area contributed by atoms with E-state index in [2.05, 4.69) is 20.0 Å². The van der Waals surface area contributed by atoms with Gasteiger partial charge in [0.25, 0.3) is 0 Å². The first-order chi connectivity index (χ1) is 8.00. The fraction of sp³-hybridized carbons (Fsp3) is 0.500. The highest BCUT2D eigenvalue weighted by Gasteiger charge is 2.25. The second-order valence-corrected chi connectivity index (χ2v) is 3.42. The molecule has 0 amide bonds. The molecule has 0 atom stereocenters. The van der Waals surface area contributed by atoms with Crippen molar-refractivity contribution in [3.05, 3.63) is 0 Å². The minimum atomic E-state index is -0.636. The van der Waals surface area contributed by atoms with Crippen molar-refractivity contribution in [2.75, 3.05) is 0 Å². The number of nitrogens with zero attached hydrogens (tertiary/aromatic N) is 2. The minimum Gasteiger partial charge on any atom is -0.318 e. The van der Waals surface area contributed by atoms with Crippen LogP contribution in [0.25, 0.3) is 0 Å². The van der Waals surface area contributed by atoms with Crippen molar-refractivity contribution in [3.63, 3.8) is 0 Å². The van der Waals surface area contributed by atoms with E-state index in [1.54, 1.807) is 0 Å². The molecule has 1 fully saturated rings. The number of hydrogen-bond acceptors (Lipinski definition) is 7. The average molecular weight is 240 g/mol. The lowest BCUT2D eigenvalue weighted by molar-refractivity contribution is -0.142. The molecule has 0 spiro atoms. The van der Waals surface area contributed by atoms with Gasteiger partial charge >= 0.3 is 11.9 Å². The Morgan fingerprint density at radius 1 is 1.06 bits per heavy atom. The van der Waals surface area contributed by atoms with E-state index >= 15 is 0 Å². The average Bonchev–Trinajstić information content (AvgIpc) is 2.24. The SMILES string of the molecule is CC(=O)ON=C1CCCC(=O)C1=NOC(C)=O. The summed E-state index contributed by atoms with van der Waals surface area (Å²) in [6.45, 7) is 2.36. The summed E-state index contributed by atoms with van der Waals surface area (Å²) >= 11 is 0. The monoisotopic (exact) mass is 240 g/mol. The van der Waals surface area contributed by atoms with Crippen LogP contribution in [0.1, 0.15) is 33.1 Å². The Kier molecular flexibility index (Phi) is 4.50. The lowest BCUT2D eigenvalue weighted by Crippen LogP contribution is -2.30. The summed E-state index contributed by atoms with van der Waals surface area (Å²) < 4.78 is 0. The predicted molar refractivity (Wildman–Crippen MR) is 57.3 cm³/mol. The van der Waals surface area contributed by atoms with Crippen LogP contribution in [0, 0.1) is 0 Å². The number of hydrogen-bond donors (Lipinski definition) is 0. The Morgan fingerprint density at radius 2 is 1.65 bits per heavy atom. The molecule has 0 aromatic rings. The molecule has 1 saturated carbocycles. The van der Waals surface area contributed by atoms with Crippen LogP contribution in [0.3, 0.4) is 0 Å². The summed E-state index contributed by atoms with van der Waals surface area (Å²) in [6.07, 6.45) is 1.34. The molecule has 1 aliphatic carbocycles. The van der Waals surface area contributed by atoms with E-state index in [0.29, 0.717) is 19.3 Å². The number of rotatable bonds is 2. The maximum atomic E-state index is 11.5. The van der Waals surface area contributed by atoms with Gasteiger partial charge in [-0.05, 0) is 12.8 Å². The zero-order valence-electron chi connectivity index (χ0n) is 9.56. The number of carbonyl (C=O) groups excluding carboxylic acids is 3. The van der Waals surface area contributed by atoms with Crippen LogP contribution in [0.4, 0.5) is 0 Å². The highest BCUT2D eigenvalue weighted by molar-refractivity contribution is 6.68. The Balaban J connectivity index is 2.87. The van der Waals surface area contributed by atoms with Crippen molar-refractivity contribution in [2.45, 2.75) is 33.1 Å². The summed E-state index contributed by atoms with van der Waals surface area (Å²) in [5, 5.41) is 6.94. The first kappa shape index (κ1) is 13.0. The smallest absolute Gasteiger partial charge is 0.318 e. The summed E-state index contributed by atoms with van der Waals surface area (Å²) in [5.74, 6) is -1.52. The zero-order chi connectivity index (χ0) is 12.8. The maximum absolute atomic E-state index is 11.5. The molecule has 1 aliphatic rings. The van der Waals surface area contributed by atoms with Gasteiger partial charge in [0, 0.05) is 20.3 Å². The van der Waals surface area contributed by atoms with E-state index in [9.17, 15) is 14.4 Å². The highest BCUT2D eigenvalue weighted by atomic mass is 16.7. The second kappa shape index (κ2) is 5.88. The van der Waals surface area contributed by atoms with E-state index in [1.165, 1.54) is 13.8 Å². The third-order valence-electron chi connectivity index (χ3n) is 1.90. The van der Waals surface area contributed by atoms with E-state index in [4.69, 9.17) is 0 Å². The second-order valence-electron chi connectivity index (χ2n) is 3.42. The molecule has 92 valence electrons. The molecule has 0 aromatic carbocycles. The van der Waals surface area contributed by atoms with Gasteiger partial charge in [0.1, 0.15) is 5.71 Å². The first-order valence-corrected chi connectivity index (χ1v) is 5.04. The third kappa shape index (κ3) is 4.13. The Labute approximate surface area is 97.4 Å². The number of Topliss-reactive ketones (excluding diaryl/α,β-unsaturated/α-hetero) is 1. The maximum Gasteiger partial charge on any atom is 0.332 e. The van der Waals surface area contributed by atoms with Crippen LogP contribution < -0.4 is 0 Å². The molecule has 0 aromatic heterocycles. The Morgan fingerprint density at radius 3 is 2.24 bits per heavy atom. The quantitative estimate of drug-likeness (QED) is 0.519. The number of carbonyl (C=O) groups is 3. The molecule has 0 unspecified atom stereocenters. The van der Waals surface area contributed by atoms with Gasteiger partial charge < -0.3 is 9.68 Å². The molecule has 7 heteroatoms. The summed E-state index contributed by atoms with van der Waals surface area (Å²) in [5.41, 5.74) is 0.158. The molecular formula is C10H12N2O5. The summed E-state index contributed by atoms with van der Waals surface area (Å²) in [6, 6.07) is 0. The van der Waals surface area contributed by atoms with Crippen LogP contribution in [0.5, 0.6) is 0 Å². The van der Waals surface area contributed by atoms with E-state index < -0.39 is 11.9 Å². The van der Waals surface area contributed by atoms with Crippen molar-refractivity contribution in [2.24, 2.45) is 10.3 Å². The number of oxime groups is 2. The van der Waals surface area contributed by atoms with Crippen LogP contribution in [-0.4, -0.2) is 29.1 Å². The number of ketones is 1. The molecule has 0 saturated heterocycles. The summed E-state index contributed by atoms with van der Waals surface area (Å²) in [7, 11) is 0. The van der Waals surface area contributed by atoms with Crippen LogP contribution in [0.15, 0.2) is 10.3 Å². The van der Waals surface area contributed by atoms with Crippen LogP contribution in [-0.2, 0) is 24.1 Å². The molecule has 0 radical (unpaired) electrons. The third-order valence-corrected chi connectivity index (χ3v) is 1.90. The molecular weight excluding hydrogens is 228 g/mol. The van der Waals surface area contributed by atoms with Crippen molar-refractivity contribution in [1.82, 2.24) is 0 Å². The fourth-order valence-electron chi connectivity index (χ4n) is 1.24. The molecule has 0 N–H and O–H groups in total. The highest BCUT2D eigenvalue weighted by Crippen LogP contribution is 2.11. The lowest BCUT2D eigenvalue weighted by Gasteiger charge is -2.12. The molecule has 17 heavy (non-hydrogen) atoms. The standard InChI is InChI=1S/C10H12N2O5/c1-6(13)16-11-8-4-3-5-9(15)10(8)12-17-7(2)14/h3-5H2,1-2H3. The predicted octanol–water partition coefficient (Wildman–Crippen LogP) is 0.578. The van der Waals surface area contributed by atoms with Crippen molar-refractivity contribution in [3.8, 4) is 0 Å². The lowest BCUT2D eigenvalue weighted by atomic mass is 9.95. The van der Waals surface area contributed by atoms with E-state index in [1.807, 2.05) is 0 Å². The van der Waals surface area contributed by atoms with Crippen molar-refractivity contribution in [1.29, 1.82) is 0 Å². The van der Waals surface area contributed by atoms with Crippen LogP contribution in [0.2, 0.25) is 0 Å². The summed E-state index contributed by atoms with van der Waals surface area (Å²) in [4.78, 5) is 41.6. The Bertz CT molecular complexity index is 411. The van der Waals surface area contributed by atoms with Gasteiger partial charge in [0.2, 0.25) is 0 Å². The largest absolute Gasteiger partial charge is 0.332 e. The van der Waals surface area contributed by atoms with Crippen LogP contribution >= 0.6 is 0 Å². The normalized spacial score (nSPS) is 20.5. The molecule has 0 aliphatic heterocycles. The zero-order valence-corrected chi connectivity index (χ0v) is 9.56. The molecule has 0 bridgehead atoms. The topological polar surface area (TPSA) is 94.4 Å². The van der Waals surface area contributed by atoms with E-state index in [-0.39, 0.29) is 17.2 Å². The first-order valence-electron chi connectivity index (χ1n) is 5.04. The minimum absolute atomic E-state index is 0.0623. The van der Waals surface area contributed by atoms with Gasteiger partial charge in [-0.3, -0.25) is 4.79 Å². The molecule has 0 heterocycles. The van der Waals surface area contributed by atoms with Gasteiger partial charge in [-0.1, -0.05) is 10.3 Å². The van der Waals surface area contributed by atoms with Gasteiger partial charge in [-0.25, -0.2) is 9.59 Å². The molecule has 7 nitrogen and oxygen atoms in total. The van der Waals surface area contributed by atoms with Gasteiger partial charge in [0.15, 0.2) is 11.5 Å². The van der Waals surface area contributed by atoms with Gasteiger partial charge in [0.05, 0.1) is 0 Å². The van der Waals surface area contributed by atoms with Crippen molar-refractivity contribution >= 4 is 29.1 Å². The van der Waals surface area contributed by atoms with E-state index in [0.717, 1.165) is 0 Å². The van der Waals surface area contributed by atoms with Crippen molar-refractivity contribution < 1.29 is 24.1 Å².